The van der Waals surface area contributed by atoms with E-state index in [-0.39, 0.29) is 12.4 Å². The topological polar surface area (TPSA) is 32.3 Å². The van der Waals surface area contributed by atoms with Crippen LogP contribution in [-0.4, -0.2) is 18.8 Å². The van der Waals surface area contributed by atoms with Crippen molar-refractivity contribution in [2.75, 3.05) is 19.0 Å². The van der Waals surface area contributed by atoms with E-state index in [4.69, 9.17) is 5.11 Å². The molecular formula is C10H14FNO. The average Bonchev–Trinajstić information content (AvgIpc) is 2.15. The summed E-state index contributed by atoms with van der Waals surface area (Å²) < 4.78 is 12.8. The van der Waals surface area contributed by atoms with Gasteiger partial charge in [0.25, 0.3) is 0 Å². The van der Waals surface area contributed by atoms with Crippen molar-refractivity contribution < 1.29 is 9.50 Å². The van der Waals surface area contributed by atoms with Crippen LogP contribution < -0.4 is 5.32 Å². The number of aryl methyl sites for hydroxylation is 1. The minimum Gasteiger partial charge on any atom is -0.396 e. The summed E-state index contributed by atoms with van der Waals surface area (Å²) in [7, 11) is 1.80. The zero-order valence-corrected chi connectivity index (χ0v) is 7.68. The van der Waals surface area contributed by atoms with Crippen molar-refractivity contribution in [3.05, 3.63) is 29.6 Å². The second-order valence-corrected chi connectivity index (χ2v) is 2.88. The van der Waals surface area contributed by atoms with Crippen LogP contribution in [0.5, 0.6) is 0 Å². The molecule has 0 fully saturated rings. The second-order valence-electron chi connectivity index (χ2n) is 2.88. The van der Waals surface area contributed by atoms with Gasteiger partial charge in [-0.25, -0.2) is 4.39 Å². The highest BCUT2D eigenvalue weighted by Gasteiger charge is 2.01. The van der Waals surface area contributed by atoms with E-state index in [1.807, 2.05) is 0 Å². The maximum Gasteiger partial charge on any atom is 0.123 e. The van der Waals surface area contributed by atoms with E-state index in [1.165, 1.54) is 12.1 Å². The highest BCUT2D eigenvalue weighted by molar-refractivity contribution is 5.50. The lowest BCUT2D eigenvalue weighted by atomic mass is 10.1. The SMILES string of the molecule is CNc1ccc(F)cc1CCCO. The van der Waals surface area contributed by atoms with Gasteiger partial charge in [-0.3, -0.25) is 0 Å². The highest BCUT2D eigenvalue weighted by atomic mass is 19.1. The van der Waals surface area contributed by atoms with Gasteiger partial charge in [0, 0.05) is 19.3 Å². The van der Waals surface area contributed by atoms with Crippen LogP contribution in [0.2, 0.25) is 0 Å². The normalized spacial score (nSPS) is 10.1. The van der Waals surface area contributed by atoms with Crippen LogP contribution >= 0.6 is 0 Å². The highest BCUT2D eigenvalue weighted by Crippen LogP contribution is 2.17. The second kappa shape index (κ2) is 4.82. The molecule has 1 aromatic carbocycles. The Bertz CT molecular complexity index is 276. The molecule has 0 heterocycles. The number of nitrogens with one attached hydrogen (secondary N) is 1. The van der Waals surface area contributed by atoms with Crippen LogP contribution in [0.3, 0.4) is 0 Å². The number of hydrogen-bond acceptors (Lipinski definition) is 2. The summed E-state index contributed by atoms with van der Waals surface area (Å²) in [6.45, 7) is 0.139. The largest absolute Gasteiger partial charge is 0.396 e. The number of rotatable bonds is 4. The van der Waals surface area contributed by atoms with E-state index in [0.717, 1.165) is 11.3 Å². The first-order valence-corrected chi connectivity index (χ1v) is 4.35. The van der Waals surface area contributed by atoms with E-state index < -0.39 is 0 Å². The van der Waals surface area contributed by atoms with E-state index >= 15 is 0 Å². The molecule has 0 saturated heterocycles. The summed E-state index contributed by atoms with van der Waals surface area (Å²) in [5.41, 5.74) is 1.84. The van der Waals surface area contributed by atoms with Gasteiger partial charge in [0.15, 0.2) is 0 Å². The third kappa shape index (κ3) is 2.70. The molecule has 0 bridgehead atoms. The van der Waals surface area contributed by atoms with E-state index in [0.29, 0.717) is 12.8 Å². The fraction of sp³-hybridized carbons (Fsp3) is 0.400. The van der Waals surface area contributed by atoms with Crippen molar-refractivity contribution in [2.45, 2.75) is 12.8 Å². The maximum atomic E-state index is 12.8. The van der Waals surface area contributed by atoms with Crippen molar-refractivity contribution in [3.63, 3.8) is 0 Å². The molecule has 0 aliphatic rings. The predicted molar refractivity (Wildman–Crippen MR) is 51.4 cm³/mol. The van der Waals surface area contributed by atoms with Gasteiger partial charge in [-0.2, -0.15) is 0 Å². The van der Waals surface area contributed by atoms with Crippen molar-refractivity contribution in [1.29, 1.82) is 0 Å². The van der Waals surface area contributed by atoms with Crippen molar-refractivity contribution in [1.82, 2.24) is 0 Å². The third-order valence-corrected chi connectivity index (χ3v) is 1.94. The summed E-state index contributed by atoms with van der Waals surface area (Å²) in [5.74, 6) is -0.230. The zero-order chi connectivity index (χ0) is 9.68. The Kier molecular flexibility index (Phi) is 3.71. The summed E-state index contributed by atoms with van der Waals surface area (Å²) in [6, 6.07) is 4.64. The quantitative estimate of drug-likeness (QED) is 0.746. The fourth-order valence-corrected chi connectivity index (χ4v) is 1.28. The number of aliphatic hydroxyl groups is 1. The lowest BCUT2D eigenvalue weighted by molar-refractivity contribution is 0.288. The molecule has 2 nitrogen and oxygen atoms in total. The Morgan fingerprint density at radius 2 is 2.23 bits per heavy atom. The van der Waals surface area contributed by atoms with E-state index in [2.05, 4.69) is 5.32 Å². The maximum absolute atomic E-state index is 12.8. The van der Waals surface area contributed by atoms with Crippen molar-refractivity contribution in [3.8, 4) is 0 Å². The van der Waals surface area contributed by atoms with Crippen LogP contribution in [0.4, 0.5) is 10.1 Å². The molecule has 0 atom stereocenters. The van der Waals surface area contributed by atoms with Crippen molar-refractivity contribution in [2.24, 2.45) is 0 Å². The molecular weight excluding hydrogens is 169 g/mol. The monoisotopic (exact) mass is 183 g/mol. The third-order valence-electron chi connectivity index (χ3n) is 1.94. The first-order valence-electron chi connectivity index (χ1n) is 4.35. The lowest BCUT2D eigenvalue weighted by Crippen LogP contribution is -1.97. The van der Waals surface area contributed by atoms with Gasteiger partial charge in [0.1, 0.15) is 5.82 Å². The number of hydrogen-bond donors (Lipinski definition) is 2. The standard InChI is InChI=1S/C10H14FNO/c1-12-10-5-4-9(11)7-8(10)3-2-6-13/h4-5,7,12-13H,2-3,6H2,1H3. The summed E-state index contributed by atoms with van der Waals surface area (Å²) in [6.07, 6.45) is 1.36. The number of anilines is 1. The molecule has 0 aliphatic carbocycles. The molecule has 1 rings (SSSR count). The van der Waals surface area contributed by atoms with Crippen LogP contribution in [-0.2, 0) is 6.42 Å². The molecule has 72 valence electrons. The van der Waals surface area contributed by atoms with Gasteiger partial charge in [0.05, 0.1) is 0 Å². The summed E-state index contributed by atoms with van der Waals surface area (Å²) in [5, 5.41) is 11.6. The van der Waals surface area contributed by atoms with Crippen LogP contribution in [0, 0.1) is 5.82 Å². The zero-order valence-electron chi connectivity index (χ0n) is 7.68. The summed E-state index contributed by atoms with van der Waals surface area (Å²) >= 11 is 0. The van der Waals surface area contributed by atoms with Crippen LogP contribution in [0.25, 0.3) is 0 Å². The first-order chi connectivity index (χ1) is 6.27. The Morgan fingerprint density at radius 3 is 2.85 bits per heavy atom. The smallest absolute Gasteiger partial charge is 0.123 e. The first kappa shape index (κ1) is 9.99. The molecule has 0 unspecified atom stereocenters. The number of halogens is 1. The van der Waals surface area contributed by atoms with Gasteiger partial charge in [-0.15, -0.1) is 0 Å². The van der Waals surface area contributed by atoms with Gasteiger partial charge in [-0.05, 0) is 36.6 Å². The molecule has 2 N–H and O–H groups in total. The molecule has 13 heavy (non-hydrogen) atoms. The Labute approximate surface area is 77.4 Å². The minimum atomic E-state index is -0.230. The van der Waals surface area contributed by atoms with Gasteiger partial charge in [-0.1, -0.05) is 0 Å². The molecule has 0 aromatic heterocycles. The average molecular weight is 183 g/mol. The molecule has 0 spiro atoms. The van der Waals surface area contributed by atoms with Gasteiger partial charge in [0.2, 0.25) is 0 Å². The molecule has 3 heteroatoms. The van der Waals surface area contributed by atoms with E-state index in [9.17, 15) is 4.39 Å². The Balaban J connectivity index is 2.81. The minimum absolute atomic E-state index is 0.139. The molecule has 0 radical (unpaired) electrons. The molecule has 0 aliphatic heterocycles. The number of aliphatic hydroxyl groups excluding tert-OH is 1. The summed E-state index contributed by atoms with van der Waals surface area (Å²) in [4.78, 5) is 0. The Hall–Kier alpha value is -1.09. The van der Waals surface area contributed by atoms with E-state index in [1.54, 1.807) is 13.1 Å². The van der Waals surface area contributed by atoms with Gasteiger partial charge >= 0.3 is 0 Å². The van der Waals surface area contributed by atoms with Crippen molar-refractivity contribution >= 4 is 5.69 Å². The van der Waals surface area contributed by atoms with Gasteiger partial charge < -0.3 is 10.4 Å². The molecule has 0 saturated carbocycles. The Morgan fingerprint density at radius 1 is 1.46 bits per heavy atom. The number of benzene rings is 1. The van der Waals surface area contributed by atoms with Crippen LogP contribution in [0.15, 0.2) is 18.2 Å². The van der Waals surface area contributed by atoms with Crippen LogP contribution in [0.1, 0.15) is 12.0 Å². The molecule has 1 aromatic rings. The predicted octanol–water partition coefficient (Wildman–Crippen LogP) is 1.79. The lowest BCUT2D eigenvalue weighted by Gasteiger charge is -2.07. The fourth-order valence-electron chi connectivity index (χ4n) is 1.28. The molecule has 0 amide bonds.